The molecule has 0 bridgehead atoms. The first-order valence-corrected chi connectivity index (χ1v) is 4.62. The van der Waals surface area contributed by atoms with E-state index in [-0.39, 0.29) is 0 Å². The molecular formula is C5H10NO4P. The summed E-state index contributed by atoms with van der Waals surface area (Å²) in [5.74, 6) is -0.577. The maximum Gasteiger partial charge on any atom is 0.257 e. The second-order valence-corrected chi connectivity index (χ2v) is 3.70. The van der Waals surface area contributed by atoms with E-state index in [2.05, 4.69) is 0 Å². The maximum atomic E-state index is 10.9. The lowest BCUT2D eigenvalue weighted by molar-refractivity contribution is -0.169. The molecule has 6 heteroatoms. The molecule has 0 spiro atoms. The summed E-state index contributed by atoms with van der Waals surface area (Å²) in [6, 6.07) is 0. The van der Waals surface area contributed by atoms with Gasteiger partial charge in [0.1, 0.15) is 5.66 Å². The van der Waals surface area contributed by atoms with Crippen LogP contribution in [-0.2, 0) is 4.79 Å². The first kappa shape index (κ1) is 8.87. The molecule has 1 amide bonds. The van der Waals surface area contributed by atoms with Crippen LogP contribution in [0.15, 0.2) is 0 Å². The second-order valence-electron chi connectivity index (χ2n) is 2.44. The van der Waals surface area contributed by atoms with Crippen molar-refractivity contribution >= 4 is 14.3 Å². The van der Waals surface area contributed by atoms with Crippen molar-refractivity contribution in [2.24, 2.45) is 0 Å². The highest BCUT2D eigenvalue weighted by molar-refractivity contribution is 7.47. The van der Waals surface area contributed by atoms with Crippen LogP contribution in [0.5, 0.6) is 0 Å². The number of amides is 1. The van der Waals surface area contributed by atoms with Crippen molar-refractivity contribution in [1.82, 2.24) is 5.06 Å². The Morgan fingerprint density at radius 2 is 2.18 bits per heavy atom. The van der Waals surface area contributed by atoms with Crippen molar-refractivity contribution in [2.45, 2.75) is 18.5 Å². The molecule has 0 aliphatic carbocycles. The third-order valence-electron chi connectivity index (χ3n) is 1.67. The number of hydroxylamine groups is 2. The van der Waals surface area contributed by atoms with Crippen LogP contribution < -0.4 is 0 Å². The highest BCUT2D eigenvalue weighted by atomic mass is 31.2. The lowest BCUT2D eigenvalue weighted by Gasteiger charge is -2.27. The average molecular weight is 179 g/mol. The fraction of sp³-hybridized carbons (Fsp3) is 0.800. The lowest BCUT2D eigenvalue weighted by atomic mass is 10.1. The van der Waals surface area contributed by atoms with Gasteiger partial charge in [0.15, 0.2) is 8.38 Å². The van der Waals surface area contributed by atoms with Gasteiger partial charge in [-0.1, -0.05) is 0 Å². The predicted octanol–water partition coefficient (Wildman–Crippen LogP) is -0.337. The van der Waals surface area contributed by atoms with Crippen molar-refractivity contribution in [3.63, 3.8) is 0 Å². The minimum atomic E-state index is -2.24. The molecule has 0 radical (unpaired) electrons. The van der Waals surface area contributed by atoms with Crippen molar-refractivity contribution in [1.29, 1.82) is 0 Å². The molecule has 1 aliphatic rings. The lowest BCUT2D eigenvalue weighted by Crippen LogP contribution is -2.41. The van der Waals surface area contributed by atoms with Crippen LogP contribution in [-0.4, -0.2) is 38.2 Å². The molecule has 1 rings (SSSR count). The zero-order chi connectivity index (χ0) is 8.43. The summed E-state index contributed by atoms with van der Waals surface area (Å²) in [5.41, 5.74) is -0.788. The Bertz CT molecular complexity index is 163. The number of hydrogen-bond acceptors (Lipinski definition) is 4. The third-order valence-corrected chi connectivity index (χ3v) is 2.70. The van der Waals surface area contributed by atoms with Gasteiger partial charge in [0.2, 0.25) is 0 Å². The fourth-order valence-corrected chi connectivity index (χ4v) is 1.80. The van der Waals surface area contributed by atoms with Crippen LogP contribution in [0, 0.1) is 0 Å². The first-order chi connectivity index (χ1) is 5.13. The summed E-state index contributed by atoms with van der Waals surface area (Å²) in [6.45, 7) is 0.290. The van der Waals surface area contributed by atoms with Crippen molar-refractivity contribution in [3.05, 3.63) is 0 Å². The van der Waals surface area contributed by atoms with Gasteiger partial charge in [0, 0.05) is 6.54 Å². The Labute approximate surface area is 65.1 Å². The zero-order valence-corrected chi connectivity index (χ0v) is 6.74. The van der Waals surface area contributed by atoms with E-state index in [4.69, 9.17) is 15.0 Å². The molecule has 1 heterocycles. The van der Waals surface area contributed by atoms with Crippen LogP contribution >= 0.6 is 8.38 Å². The summed E-state index contributed by atoms with van der Waals surface area (Å²) < 4.78 is 0. The molecule has 11 heavy (non-hydrogen) atoms. The predicted molar refractivity (Wildman–Crippen MR) is 37.9 cm³/mol. The van der Waals surface area contributed by atoms with Gasteiger partial charge in [-0.2, -0.15) is 0 Å². The van der Waals surface area contributed by atoms with E-state index in [9.17, 15) is 4.79 Å². The Morgan fingerprint density at radius 1 is 1.55 bits per heavy atom. The zero-order valence-electron chi connectivity index (χ0n) is 5.84. The molecule has 0 aromatic heterocycles. The quantitative estimate of drug-likeness (QED) is 0.380. The van der Waals surface area contributed by atoms with Gasteiger partial charge in [-0.05, 0) is 12.8 Å². The molecule has 64 valence electrons. The molecule has 1 aliphatic heterocycles. The van der Waals surface area contributed by atoms with E-state index in [1.807, 2.05) is 0 Å². The molecule has 0 aromatic carbocycles. The standard InChI is InChI=1S/C5H10NO4P/c7-5-4(11(9)10)2-1-3-6(5)8/h4,8-10H,1-3H2. The average Bonchev–Trinajstić information content (AvgIpc) is 1.94. The van der Waals surface area contributed by atoms with Crippen LogP contribution in [0.3, 0.4) is 0 Å². The summed E-state index contributed by atoms with van der Waals surface area (Å²) >= 11 is 0. The number of carbonyl (C=O) groups is 1. The van der Waals surface area contributed by atoms with Crippen LogP contribution in [0.2, 0.25) is 0 Å². The summed E-state index contributed by atoms with van der Waals surface area (Å²) in [7, 11) is -2.24. The molecular weight excluding hydrogens is 169 g/mol. The van der Waals surface area contributed by atoms with E-state index in [1.165, 1.54) is 0 Å². The largest absolute Gasteiger partial charge is 0.349 e. The molecule has 5 nitrogen and oxygen atoms in total. The van der Waals surface area contributed by atoms with Gasteiger partial charge in [-0.3, -0.25) is 10.0 Å². The topological polar surface area (TPSA) is 81.0 Å². The SMILES string of the molecule is O=C1C(P(O)O)CCCN1O. The van der Waals surface area contributed by atoms with E-state index in [0.717, 1.165) is 0 Å². The van der Waals surface area contributed by atoms with E-state index >= 15 is 0 Å². The summed E-state index contributed by atoms with van der Waals surface area (Å²) in [6.07, 6.45) is 1.07. The molecule has 1 saturated heterocycles. The van der Waals surface area contributed by atoms with Gasteiger partial charge in [0.25, 0.3) is 5.91 Å². The Morgan fingerprint density at radius 3 is 2.64 bits per heavy atom. The maximum absolute atomic E-state index is 10.9. The molecule has 0 aromatic rings. The molecule has 3 N–H and O–H groups in total. The fourth-order valence-electron chi connectivity index (χ4n) is 1.05. The minimum absolute atomic E-state index is 0.290. The van der Waals surface area contributed by atoms with Crippen LogP contribution in [0.4, 0.5) is 0 Å². The number of nitrogens with zero attached hydrogens (tertiary/aromatic N) is 1. The number of rotatable bonds is 1. The van der Waals surface area contributed by atoms with E-state index < -0.39 is 19.9 Å². The van der Waals surface area contributed by atoms with E-state index in [0.29, 0.717) is 24.4 Å². The summed E-state index contributed by atoms with van der Waals surface area (Å²) in [4.78, 5) is 28.4. The molecule has 1 fully saturated rings. The number of piperidine rings is 1. The first-order valence-electron chi connectivity index (χ1n) is 3.30. The Kier molecular flexibility index (Phi) is 2.78. The highest BCUT2D eigenvalue weighted by Gasteiger charge is 2.33. The van der Waals surface area contributed by atoms with Crippen LogP contribution in [0.25, 0.3) is 0 Å². The minimum Gasteiger partial charge on any atom is -0.349 e. The second kappa shape index (κ2) is 3.45. The van der Waals surface area contributed by atoms with Gasteiger partial charge < -0.3 is 9.79 Å². The highest BCUT2D eigenvalue weighted by Crippen LogP contribution is 2.36. The Hall–Kier alpha value is -0.220. The number of carbonyl (C=O) groups excluding carboxylic acids is 1. The third kappa shape index (κ3) is 1.87. The smallest absolute Gasteiger partial charge is 0.257 e. The summed E-state index contributed by atoms with van der Waals surface area (Å²) in [5, 5.41) is 9.42. The molecule has 0 saturated carbocycles. The van der Waals surface area contributed by atoms with Crippen molar-refractivity contribution in [2.75, 3.05) is 6.54 Å². The number of hydrogen-bond donors (Lipinski definition) is 3. The van der Waals surface area contributed by atoms with Crippen LogP contribution in [0.1, 0.15) is 12.8 Å². The monoisotopic (exact) mass is 179 g/mol. The van der Waals surface area contributed by atoms with Gasteiger partial charge in [-0.15, -0.1) is 0 Å². The molecule has 1 unspecified atom stereocenters. The van der Waals surface area contributed by atoms with Gasteiger partial charge in [-0.25, -0.2) is 5.06 Å². The van der Waals surface area contributed by atoms with Gasteiger partial charge >= 0.3 is 0 Å². The Balaban J connectivity index is 2.58. The molecule has 1 atom stereocenters. The van der Waals surface area contributed by atoms with Crippen molar-refractivity contribution < 1.29 is 19.8 Å². The van der Waals surface area contributed by atoms with E-state index in [1.54, 1.807) is 0 Å². The normalized spacial score (nSPS) is 26.4. The van der Waals surface area contributed by atoms with Crippen molar-refractivity contribution in [3.8, 4) is 0 Å². The van der Waals surface area contributed by atoms with Gasteiger partial charge in [0.05, 0.1) is 0 Å².